The van der Waals surface area contributed by atoms with Gasteiger partial charge in [-0.2, -0.15) is 0 Å². The molecule has 0 saturated carbocycles. The number of rotatable bonds is 9. The molecule has 2 aromatic heterocycles. The van der Waals surface area contributed by atoms with Crippen molar-refractivity contribution < 1.29 is 0 Å². The Morgan fingerprint density at radius 1 is 0.533 bits per heavy atom. The molecule has 0 aliphatic rings. The van der Waals surface area contributed by atoms with Gasteiger partial charge in [-0.1, -0.05) is 62.1 Å². The zero-order valence-electron chi connectivity index (χ0n) is 18.3. The average molecular weight is 397 g/mol. The standard InChI is InChI=1S/C28H32N2/c1-21-19-23(25-15-9-11-17-27(25)29-21)13-7-5-3-4-6-8-14-24-20-22(2)30-28-18-12-10-16-26(24)28/h9-12,15-20H,3-8,13-14H2,1-2H3. The van der Waals surface area contributed by atoms with E-state index in [9.17, 15) is 0 Å². The third-order valence-electron chi connectivity index (χ3n) is 6.00. The SMILES string of the molecule is Cc1cc(CCCCCCCCc2cc(C)nc3ccccc23)c2ccccc2n1. The summed E-state index contributed by atoms with van der Waals surface area (Å²) in [4.78, 5) is 9.32. The van der Waals surface area contributed by atoms with Crippen LogP contribution in [0.25, 0.3) is 21.8 Å². The summed E-state index contributed by atoms with van der Waals surface area (Å²) >= 11 is 0. The van der Waals surface area contributed by atoms with Gasteiger partial charge in [-0.05, 0) is 74.9 Å². The van der Waals surface area contributed by atoms with Gasteiger partial charge in [0.05, 0.1) is 11.0 Å². The molecular formula is C28H32N2. The van der Waals surface area contributed by atoms with Crippen molar-refractivity contribution >= 4 is 21.8 Å². The van der Waals surface area contributed by atoms with Crippen molar-refractivity contribution in [1.82, 2.24) is 9.97 Å². The van der Waals surface area contributed by atoms with Crippen LogP contribution in [0.5, 0.6) is 0 Å². The first-order valence-corrected chi connectivity index (χ1v) is 11.4. The van der Waals surface area contributed by atoms with Crippen molar-refractivity contribution in [1.29, 1.82) is 0 Å². The van der Waals surface area contributed by atoms with Gasteiger partial charge in [-0.15, -0.1) is 0 Å². The predicted molar refractivity (Wildman–Crippen MR) is 128 cm³/mol. The molecule has 0 bridgehead atoms. The lowest BCUT2D eigenvalue weighted by Gasteiger charge is -2.09. The zero-order chi connectivity index (χ0) is 20.8. The van der Waals surface area contributed by atoms with Gasteiger partial charge in [0, 0.05) is 22.2 Å². The van der Waals surface area contributed by atoms with Crippen LogP contribution in [0, 0.1) is 13.8 Å². The van der Waals surface area contributed by atoms with Crippen LogP contribution in [0.1, 0.15) is 61.0 Å². The molecule has 4 aromatic rings. The number of aryl methyl sites for hydroxylation is 4. The quantitative estimate of drug-likeness (QED) is 0.273. The number of hydrogen-bond acceptors (Lipinski definition) is 2. The fourth-order valence-corrected chi connectivity index (χ4v) is 4.54. The molecule has 2 nitrogen and oxygen atoms in total. The van der Waals surface area contributed by atoms with Gasteiger partial charge in [-0.3, -0.25) is 9.97 Å². The lowest BCUT2D eigenvalue weighted by Crippen LogP contribution is -1.94. The molecule has 0 N–H and O–H groups in total. The molecule has 0 unspecified atom stereocenters. The molecule has 154 valence electrons. The van der Waals surface area contributed by atoms with Crippen molar-refractivity contribution in [2.24, 2.45) is 0 Å². The molecule has 2 aromatic carbocycles. The van der Waals surface area contributed by atoms with Crippen LogP contribution >= 0.6 is 0 Å². The number of unbranched alkanes of at least 4 members (excludes halogenated alkanes) is 5. The summed E-state index contributed by atoms with van der Waals surface area (Å²) in [5, 5.41) is 2.64. The van der Waals surface area contributed by atoms with Crippen molar-refractivity contribution in [3.8, 4) is 0 Å². The summed E-state index contributed by atoms with van der Waals surface area (Å²) in [6.45, 7) is 4.20. The van der Waals surface area contributed by atoms with Crippen LogP contribution < -0.4 is 0 Å². The molecule has 0 radical (unpaired) electrons. The molecule has 0 saturated heterocycles. The Balaban J connectivity index is 1.20. The van der Waals surface area contributed by atoms with E-state index in [0.29, 0.717) is 0 Å². The van der Waals surface area contributed by atoms with Crippen molar-refractivity contribution in [3.63, 3.8) is 0 Å². The van der Waals surface area contributed by atoms with E-state index in [-0.39, 0.29) is 0 Å². The first-order chi connectivity index (χ1) is 14.7. The summed E-state index contributed by atoms with van der Waals surface area (Å²) in [7, 11) is 0. The molecule has 0 aliphatic heterocycles. The number of para-hydroxylation sites is 2. The van der Waals surface area contributed by atoms with Gasteiger partial charge in [0.2, 0.25) is 0 Å². The van der Waals surface area contributed by atoms with Gasteiger partial charge < -0.3 is 0 Å². The van der Waals surface area contributed by atoms with E-state index in [1.807, 2.05) is 0 Å². The van der Waals surface area contributed by atoms with Crippen LogP contribution in [-0.2, 0) is 12.8 Å². The lowest BCUT2D eigenvalue weighted by molar-refractivity contribution is 0.594. The molecular weight excluding hydrogens is 364 g/mol. The normalized spacial score (nSPS) is 11.4. The predicted octanol–water partition coefficient (Wildman–Crippen LogP) is 7.53. The van der Waals surface area contributed by atoms with Crippen LogP contribution in [0.3, 0.4) is 0 Å². The molecule has 0 atom stereocenters. The van der Waals surface area contributed by atoms with Crippen molar-refractivity contribution in [2.75, 3.05) is 0 Å². The Kier molecular flexibility index (Phi) is 6.74. The largest absolute Gasteiger partial charge is 0.253 e. The van der Waals surface area contributed by atoms with E-state index in [1.165, 1.54) is 60.4 Å². The molecule has 0 fully saturated rings. The number of benzene rings is 2. The maximum atomic E-state index is 4.66. The minimum atomic E-state index is 1.13. The Morgan fingerprint density at radius 3 is 1.40 bits per heavy atom. The Labute approximate surface area is 180 Å². The Bertz CT molecular complexity index is 1040. The van der Waals surface area contributed by atoms with E-state index in [1.54, 1.807) is 0 Å². The van der Waals surface area contributed by atoms with Gasteiger partial charge in [0.1, 0.15) is 0 Å². The maximum Gasteiger partial charge on any atom is 0.0707 e. The average Bonchev–Trinajstić information content (AvgIpc) is 2.75. The summed E-state index contributed by atoms with van der Waals surface area (Å²) in [6, 6.07) is 21.6. The second-order valence-corrected chi connectivity index (χ2v) is 8.50. The van der Waals surface area contributed by atoms with E-state index < -0.39 is 0 Å². The molecule has 0 spiro atoms. The highest BCUT2D eigenvalue weighted by Gasteiger charge is 2.05. The second-order valence-electron chi connectivity index (χ2n) is 8.50. The summed E-state index contributed by atoms with van der Waals surface area (Å²) in [5.74, 6) is 0. The third-order valence-corrected chi connectivity index (χ3v) is 6.00. The van der Waals surface area contributed by atoms with Crippen molar-refractivity contribution in [3.05, 3.63) is 83.2 Å². The van der Waals surface area contributed by atoms with Gasteiger partial charge >= 0.3 is 0 Å². The first kappa shape index (κ1) is 20.5. The monoisotopic (exact) mass is 396 g/mol. The summed E-state index contributed by atoms with van der Waals surface area (Å²) in [5.41, 5.74) is 7.43. The Hall–Kier alpha value is -2.74. The molecule has 30 heavy (non-hydrogen) atoms. The van der Waals surface area contributed by atoms with Crippen molar-refractivity contribution in [2.45, 2.75) is 65.2 Å². The number of nitrogens with zero attached hydrogens (tertiary/aromatic N) is 2. The van der Waals surface area contributed by atoms with E-state index >= 15 is 0 Å². The highest BCUT2D eigenvalue weighted by atomic mass is 14.7. The lowest BCUT2D eigenvalue weighted by atomic mass is 9.99. The zero-order valence-corrected chi connectivity index (χ0v) is 18.3. The highest BCUT2D eigenvalue weighted by Crippen LogP contribution is 2.22. The molecule has 0 aliphatic carbocycles. The minimum absolute atomic E-state index is 1.13. The van der Waals surface area contributed by atoms with E-state index in [4.69, 9.17) is 0 Å². The smallest absolute Gasteiger partial charge is 0.0707 e. The Morgan fingerprint density at radius 2 is 0.933 bits per heavy atom. The third kappa shape index (κ3) is 5.05. The number of hydrogen-bond donors (Lipinski definition) is 0. The van der Waals surface area contributed by atoms with Gasteiger partial charge in [0.25, 0.3) is 0 Å². The number of aromatic nitrogens is 2. The fraction of sp³-hybridized carbons (Fsp3) is 0.357. The van der Waals surface area contributed by atoms with E-state index in [2.05, 4.69) is 84.5 Å². The van der Waals surface area contributed by atoms with Crippen LogP contribution in [0.2, 0.25) is 0 Å². The topological polar surface area (TPSA) is 25.8 Å². The second kappa shape index (κ2) is 9.84. The molecule has 0 amide bonds. The van der Waals surface area contributed by atoms with Gasteiger partial charge in [-0.25, -0.2) is 0 Å². The first-order valence-electron chi connectivity index (χ1n) is 11.4. The highest BCUT2D eigenvalue weighted by molar-refractivity contribution is 5.83. The van der Waals surface area contributed by atoms with Crippen LogP contribution in [0.15, 0.2) is 60.7 Å². The molecule has 2 heteroatoms. The van der Waals surface area contributed by atoms with E-state index in [0.717, 1.165) is 35.3 Å². The molecule has 2 heterocycles. The number of pyridine rings is 2. The van der Waals surface area contributed by atoms with Gasteiger partial charge in [0.15, 0.2) is 0 Å². The summed E-state index contributed by atoms with van der Waals surface area (Å²) < 4.78 is 0. The molecule has 4 rings (SSSR count). The van der Waals surface area contributed by atoms with Crippen LogP contribution in [-0.4, -0.2) is 9.97 Å². The van der Waals surface area contributed by atoms with Crippen LogP contribution in [0.4, 0.5) is 0 Å². The number of fused-ring (bicyclic) bond motifs is 2. The summed E-state index contributed by atoms with van der Waals surface area (Å²) in [6.07, 6.45) is 10.1. The minimum Gasteiger partial charge on any atom is -0.253 e. The fourth-order valence-electron chi connectivity index (χ4n) is 4.54. The maximum absolute atomic E-state index is 4.66.